The van der Waals surface area contributed by atoms with Crippen LogP contribution in [-0.4, -0.2) is 19.1 Å². The van der Waals surface area contributed by atoms with Gasteiger partial charge in [-0.25, -0.2) is 0 Å². The van der Waals surface area contributed by atoms with E-state index in [2.05, 4.69) is 92.2 Å². The van der Waals surface area contributed by atoms with Gasteiger partial charge in [0.1, 0.15) is 0 Å². The van der Waals surface area contributed by atoms with Gasteiger partial charge in [-0.2, -0.15) is 0 Å². The number of nitrogens with zero attached hydrogens (tertiary/aromatic N) is 4. The SMILES string of the molecule is c1cnc2ccn(-c3ccc(-c4ccc(-n5ccc6ncccc65)cc4)cc3)c2c1. The van der Waals surface area contributed by atoms with Gasteiger partial charge in [-0.1, -0.05) is 24.3 Å². The van der Waals surface area contributed by atoms with E-state index in [1.807, 2.05) is 36.7 Å². The van der Waals surface area contributed by atoms with Crippen LogP contribution in [0.5, 0.6) is 0 Å². The predicted molar refractivity (Wildman–Crippen MR) is 121 cm³/mol. The fraction of sp³-hybridized carbons (Fsp3) is 0. The van der Waals surface area contributed by atoms with Crippen molar-refractivity contribution in [2.45, 2.75) is 0 Å². The molecule has 0 aliphatic heterocycles. The minimum atomic E-state index is 1.00. The fourth-order valence-electron chi connectivity index (χ4n) is 4.01. The van der Waals surface area contributed by atoms with Crippen molar-refractivity contribution in [1.29, 1.82) is 0 Å². The van der Waals surface area contributed by atoms with Gasteiger partial charge in [0.25, 0.3) is 0 Å². The average molecular weight is 386 g/mol. The molecule has 4 nitrogen and oxygen atoms in total. The predicted octanol–water partition coefficient (Wildman–Crippen LogP) is 6.03. The topological polar surface area (TPSA) is 35.6 Å². The summed E-state index contributed by atoms with van der Waals surface area (Å²) in [6.45, 7) is 0. The lowest BCUT2D eigenvalue weighted by Crippen LogP contribution is -1.93. The molecule has 142 valence electrons. The number of benzene rings is 2. The molecule has 0 N–H and O–H groups in total. The van der Waals surface area contributed by atoms with Gasteiger partial charge in [-0.05, 0) is 71.8 Å². The van der Waals surface area contributed by atoms with Crippen LogP contribution in [0.1, 0.15) is 0 Å². The quantitative estimate of drug-likeness (QED) is 0.372. The number of rotatable bonds is 3. The summed E-state index contributed by atoms with van der Waals surface area (Å²) in [6, 6.07) is 29.5. The molecule has 0 saturated carbocycles. The molecule has 4 aromatic heterocycles. The molecule has 6 aromatic rings. The molecule has 0 spiro atoms. The van der Waals surface area contributed by atoms with Crippen molar-refractivity contribution in [2.75, 3.05) is 0 Å². The molecule has 0 fully saturated rings. The van der Waals surface area contributed by atoms with E-state index < -0.39 is 0 Å². The van der Waals surface area contributed by atoms with Crippen LogP contribution in [0, 0.1) is 0 Å². The maximum atomic E-state index is 4.41. The minimum absolute atomic E-state index is 1.00. The molecule has 6 rings (SSSR count). The van der Waals surface area contributed by atoms with Gasteiger partial charge >= 0.3 is 0 Å². The summed E-state index contributed by atoms with van der Waals surface area (Å²) in [5, 5.41) is 0. The highest BCUT2D eigenvalue weighted by atomic mass is 15.0. The third kappa shape index (κ3) is 2.70. The zero-order chi connectivity index (χ0) is 19.9. The lowest BCUT2D eigenvalue weighted by atomic mass is 10.0. The number of hydrogen-bond acceptors (Lipinski definition) is 2. The summed E-state index contributed by atoms with van der Waals surface area (Å²) in [5.41, 5.74) is 8.88. The van der Waals surface area contributed by atoms with Gasteiger partial charge in [0.2, 0.25) is 0 Å². The van der Waals surface area contributed by atoms with E-state index in [0.29, 0.717) is 0 Å². The first-order chi connectivity index (χ1) is 14.9. The second-order valence-electron chi connectivity index (χ2n) is 7.28. The Hall–Kier alpha value is -4.18. The van der Waals surface area contributed by atoms with Crippen molar-refractivity contribution in [3.8, 4) is 22.5 Å². The Bertz CT molecular complexity index is 1360. The first-order valence-corrected chi connectivity index (χ1v) is 9.92. The molecule has 0 saturated heterocycles. The minimum Gasteiger partial charge on any atom is -0.315 e. The van der Waals surface area contributed by atoms with Crippen molar-refractivity contribution in [3.05, 3.63) is 110 Å². The van der Waals surface area contributed by atoms with Gasteiger partial charge in [0, 0.05) is 36.2 Å². The van der Waals surface area contributed by atoms with Crippen molar-refractivity contribution >= 4 is 22.1 Å². The van der Waals surface area contributed by atoms with Gasteiger partial charge in [-0.3, -0.25) is 9.97 Å². The van der Waals surface area contributed by atoms with E-state index in [1.165, 1.54) is 11.1 Å². The van der Waals surface area contributed by atoms with E-state index >= 15 is 0 Å². The lowest BCUT2D eigenvalue weighted by Gasteiger charge is -2.09. The third-order valence-corrected chi connectivity index (χ3v) is 5.54. The Kier molecular flexibility index (Phi) is 3.74. The first-order valence-electron chi connectivity index (χ1n) is 9.92. The smallest absolute Gasteiger partial charge is 0.0884 e. The maximum Gasteiger partial charge on any atom is 0.0884 e. The largest absolute Gasteiger partial charge is 0.315 e. The standard InChI is InChI=1S/C26H18N4/c1-3-25-23(27-15-1)13-17-29(25)21-9-5-19(6-10-21)20-7-11-22(12-8-20)30-18-14-24-26(30)4-2-16-28-24/h1-18H. The zero-order valence-corrected chi connectivity index (χ0v) is 16.2. The van der Waals surface area contributed by atoms with Gasteiger partial charge in [0.15, 0.2) is 0 Å². The molecule has 30 heavy (non-hydrogen) atoms. The van der Waals surface area contributed by atoms with Crippen LogP contribution >= 0.6 is 0 Å². The highest BCUT2D eigenvalue weighted by molar-refractivity contribution is 5.79. The zero-order valence-electron chi connectivity index (χ0n) is 16.2. The highest BCUT2D eigenvalue weighted by Gasteiger charge is 2.06. The van der Waals surface area contributed by atoms with Crippen LogP contribution in [0.3, 0.4) is 0 Å². The Morgan fingerprint density at radius 3 is 1.33 bits per heavy atom. The normalized spacial score (nSPS) is 11.3. The molecule has 0 bridgehead atoms. The van der Waals surface area contributed by atoms with Crippen LogP contribution in [0.15, 0.2) is 110 Å². The summed E-state index contributed by atoms with van der Waals surface area (Å²) in [7, 11) is 0. The molecular formula is C26H18N4. The number of hydrogen-bond donors (Lipinski definition) is 0. The van der Waals surface area contributed by atoms with E-state index in [4.69, 9.17) is 0 Å². The van der Waals surface area contributed by atoms with Crippen LogP contribution in [0.4, 0.5) is 0 Å². The first kappa shape index (κ1) is 16.7. The molecule has 0 aliphatic carbocycles. The lowest BCUT2D eigenvalue weighted by molar-refractivity contribution is 1.12. The van der Waals surface area contributed by atoms with Crippen molar-refractivity contribution in [1.82, 2.24) is 19.1 Å². The summed E-state index contributed by atoms with van der Waals surface area (Å²) in [6.07, 6.45) is 7.79. The Morgan fingerprint density at radius 1 is 0.467 bits per heavy atom. The number of aromatic nitrogens is 4. The van der Waals surface area contributed by atoms with Crippen LogP contribution in [0.2, 0.25) is 0 Å². The van der Waals surface area contributed by atoms with E-state index in [1.54, 1.807) is 0 Å². The van der Waals surface area contributed by atoms with E-state index in [-0.39, 0.29) is 0 Å². The average Bonchev–Trinajstić information content (AvgIpc) is 3.44. The van der Waals surface area contributed by atoms with Crippen LogP contribution in [0.25, 0.3) is 44.6 Å². The molecule has 4 heterocycles. The molecule has 0 unspecified atom stereocenters. The van der Waals surface area contributed by atoms with Crippen LogP contribution < -0.4 is 0 Å². The summed E-state index contributed by atoms with van der Waals surface area (Å²) < 4.78 is 4.33. The Labute approximate surface area is 173 Å². The molecular weight excluding hydrogens is 368 g/mol. The fourth-order valence-corrected chi connectivity index (χ4v) is 4.01. The maximum absolute atomic E-state index is 4.41. The van der Waals surface area contributed by atoms with Gasteiger partial charge < -0.3 is 9.13 Å². The summed E-state index contributed by atoms with van der Waals surface area (Å²) in [5.74, 6) is 0. The monoisotopic (exact) mass is 386 g/mol. The molecule has 4 heteroatoms. The highest BCUT2D eigenvalue weighted by Crippen LogP contribution is 2.26. The number of pyridine rings is 2. The second-order valence-corrected chi connectivity index (χ2v) is 7.28. The van der Waals surface area contributed by atoms with Crippen molar-refractivity contribution in [2.24, 2.45) is 0 Å². The Morgan fingerprint density at radius 2 is 0.900 bits per heavy atom. The van der Waals surface area contributed by atoms with Gasteiger partial charge in [0.05, 0.1) is 22.1 Å². The molecule has 0 aliphatic rings. The summed E-state index contributed by atoms with van der Waals surface area (Å²) >= 11 is 0. The molecule has 0 amide bonds. The Balaban J connectivity index is 1.32. The molecule has 0 radical (unpaired) electrons. The van der Waals surface area contributed by atoms with E-state index in [0.717, 1.165) is 33.4 Å². The van der Waals surface area contributed by atoms with Crippen LogP contribution in [-0.2, 0) is 0 Å². The molecule has 2 aromatic carbocycles. The number of fused-ring (bicyclic) bond motifs is 2. The second kappa shape index (κ2) is 6.71. The third-order valence-electron chi connectivity index (χ3n) is 5.54. The van der Waals surface area contributed by atoms with E-state index in [9.17, 15) is 0 Å². The summed E-state index contributed by atoms with van der Waals surface area (Å²) in [4.78, 5) is 8.83. The molecule has 0 atom stereocenters. The van der Waals surface area contributed by atoms with Crippen molar-refractivity contribution in [3.63, 3.8) is 0 Å². The van der Waals surface area contributed by atoms with Gasteiger partial charge in [-0.15, -0.1) is 0 Å². The van der Waals surface area contributed by atoms with Crippen molar-refractivity contribution < 1.29 is 0 Å².